The molecule has 5 atom stereocenters. The van der Waals surface area contributed by atoms with Gasteiger partial charge in [-0.1, -0.05) is 51.8 Å². The van der Waals surface area contributed by atoms with Crippen molar-refractivity contribution in [1.29, 1.82) is 0 Å². The Hall–Kier alpha value is -0.560. The Bertz CT molecular complexity index is 359. The van der Waals surface area contributed by atoms with E-state index in [1.54, 1.807) is 0 Å². The zero-order chi connectivity index (χ0) is 14.1. The molecule has 2 aliphatic rings. The fourth-order valence-electron chi connectivity index (χ4n) is 4.67. The lowest BCUT2D eigenvalue weighted by atomic mass is 9.54. The van der Waals surface area contributed by atoms with Gasteiger partial charge in [0.15, 0.2) is 0 Å². The van der Waals surface area contributed by atoms with Crippen LogP contribution in [0.2, 0.25) is 0 Å². The van der Waals surface area contributed by atoms with Crippen molar-refractivity contribution in [2.75, 3.05) is 0 Å². The summed E-state index contributed by atoms with van der Waals surface area (Å²) in [5, 5.41) is 0. The molecule has 0 aromatic rings. The number of allylic oxidation sites excluding steroid dienone is 2. The van der Waals surface area contributed by atoms with Crippen molar-refractivity contribution >= 4 is 0 Å². The van der Waals surface area contributed by atoms with Gasteiger partial charge in [-0.15, -0.1) is 6.58 Å². The number of nitrogens with two attached hydrogens (primary N) is 1. The lowest BCUT2D eigenvalue weighted by Gasteiger charge is -2.54. The van der Waals surface area contributed by atoms with E-state index in [9.17, 15) is 0 Å². The van der Waals surface area contributed by atoms with E-state index in [2.05, 4.69) is 45.6 Å². The van der Waals surface area contributed by atoms with Gasteiger partial charge in [0, 0.05) is 11.0 Å². The van der Waals surface area contributed by atoms with Gasteiger partial charge in [0.1, 0.15) is 0 Å². The van der Waals surface area contributed by atoms with Crippen LogP contribution in [-0.2, 0) is 0 Å². The van der Waals surface area contributed by atoms with Crippen molar-refractivity contribution in [1.82, 2.24) is 0 Å². The molecule has 2 N–H and O–H groups in total. The molecule has 3 unspecified atom stereocenters. The lowest BCUT2D eigenvalue weighted by Crippen LogP contribution is -2.59. The minimum Gasteiger partial charge on any atom is -0.324 e. The molecule has 1 fully saturated rings. The van der Waals surface area contributed by atoms with Gasteiger partial charge in [0.05, 0.1) is 0 Å². The van der Waals surface area contributed by atoms with Gasteiger partial charge in [0.2, 0.25) is 0 Å². The molecular formula is C18H31N. The molecular weight excluding hydrogens is 230 g/mol. The van der Waals surface area contributed by atoms with Crippen molar-refractivity contribution in [3.8, 4) is 0 Å². The summed E-state index contributed by atoms with van der Waals surface area (Å²) in [6.45, 7) is 11.1. The number of fused-ring (bicyclic) bond motifs is 1. The van der Waals surface area contributed by atoms with Crippen LogP contribution in [0.15, 0.2) is 24.8 Å². The van der Waals surface area contributed by atoms with Gasteiger partial charge in [-0.3, -0.25) is 0 Å². The molecule has 2 aliphatic carbocycles. The zero-order valence-electron chi connectivity index (χ0n) is 13.0. The fourth-order valence-corrected chi connectivity index (χ4v) is 4.67. The first-order valence-electron chi connectivity index (χ1n) is 8.04. The molecule has 0 bridgehead atoms. The number of hydrogen-bond donors (Lipinski definition) is 1. The third-order valence-corrected chi connectivity index (χ3v) is 6.05. The number of hydrogen-bond acceptors (Lipinski definition) is 1. The maximum atomic E-state index is 7.00. The van der Waals surface area contributed by atoms with Crippen LogP contribution in [0.4, 0.5) is 0 Å². The smallest absolute Gasteiger partial charge is 0.0254 e. The Balaban J connectivity index is 2.44. The summed E-state index contributed by atoms with van der Waals surface area (Å²) in [5.74, 6) is 2.07. The van der Waals surface area contributed by atoms with E-state index in [-0.39, 0.29) is 11.0 Å². The maximum Gasteiger partial charge on any atom is 0.0254 e. The molecule has 0 aromatic carbocycles. The third kappa shape index (κ3) is 2.42. The van der Waals surface area contributed by atoms with E-state index >= 15 is 0 Å². The molecule has 1 heteroatoms. The van der Waals surface area contributed by atoms with Gasteiger partial charge in [-0.2, -0.15) is 0 Å². The van der Waals surface area contributed by atoms with Crippen LogP contribution < -0.4 is 5.73 Å². The minimum atomic E-state index is -0.00560. The van der Waals surface area contributed by atoms with Gasteiger partial charge in [-0.05, 0) is 43.4 Å². The summed E-state index contributed by atoms with van der Waals surface area (Å²) in [5.41, 5.74) is 7.18. The van der Waals surface area contributed by atoms with Crippen molar-refractivity contribution in [3.05, 3.63) is 24.8 Å². The second-order valence-corrected chi connectivity index (χ2v) is 7.22. The molecule has 0 amide bonds. The molecule has 19 heavy (non-hydrogen) atoms. The first-order chi connectivity index (χ1) is 8.95. The van der Waals surface area contributed by atoms with Crippen molar-refractivity contribution in [3.63, 3.8) is 0 Å². The molecule has 108 valence electrons. The quantitative estimate of drug-likeness (QED) is 0.733. The molecule has 0 spiro atoms. The summed E-state index contributed by atoms with van der Waals surface area (Å²) in [6.07, 6.45) is 14.2. The lowest BCUT2D eigenvalue weighted by molar-refractivity contribution is 0.0528. The monoisotopic (exact) mass is 261 g/mol. The predicted octanol–water partition coefficient (Wildman–Crippen LogP) is 4.69. The van der Waals surface area contributed by atoms with Crippen molar-refractivity contribution < 1.29 is 0 Å². The second-order valence-electron chi connectivity index (χ2n) is 7.22. The van der Waals surface area contributed by atoms with Crippen LogP contribution in [-0.4, -0.2) is 5.54 Å². The van der Waals surface area contributed by atoms with Gasteiger partial charge < -0.3 is 5.73 Å². The van der Waals surface area contributed by atoms with Crippen LogP contribution in [0.25, 0.3) is 0 Å². The maximum absolute atomic E-state index is 7.00. The highest BCUT2D eigenvalue weighted by Gasteiger charge is 2.53. The average Bonchev–Trinajstić information content (AvgIpc) is 2.45. The summed E-state index contributed by atoms with van der Waals surface area (Å²) < 4.78 is 0. The van der Waals surface area contributed by atoms with Crippen LogP contribution in [0, 0.1) is 23.2 Å². The van der Waals surface area contributed by atoms with E-state index < -0.39 is 0 Å². The van der Waals surface area contributed by atoms with Gasteiger partial charge >= 0.3 is 0 Å². The average molecular weight is 261 g/mol. The first kappa shape index (κ1) is 14.8. The Labute approximate surface area is 119 Å². The summed E-state index contributed by atoms with van der Waals surface area (Å²) in [4.78, 5) is 0. The first-order valence-corrected chi connectivity index (χ1v) is 8.04. The Kier molecular flexibility index (Phi) is 4.25. The Morgan fingerprint density at radius 1 is 1.37 bits per heavy atom. The summed E-state index contributed by atoms with van der Waals surface area (Å²) in [7, 11) is 0. The number of rotatable bonds is 3. The zero-order valence-corrected chi connectivity index (χ0v) is 13.0. The van der Waals surface area contributed by atoms with Gasteiger partial charge in [0.25, 0.3) is 0 Å². The van der Waals surface area contributed by atoms with Gasteiger partial charge in [-0.25, -0.2) is 0 Å². The van der Waals surface area contributed by atoms with Crippen LogP contribution >= 0.6 is 0 Å². The van der Waals surface area contributed by atoms with Crippen LogP contribution in [0.1, 0.15) is 59.3 Å². The highest BCUT2D eigenvalue weighted by Crippen LogP contribution is 2.55. The molecule has 0 saturated heterocycles. The Morgan fingerprint density at radius 2 is 2.11 bits per heavy atom. The van der Waals surface area contributed by atoms with E-state index in [0.29, 0.717) is 11.8 Å². The molecule has 1 nitrogen and oxygen atoms in total. The molecule has 2 rings (SSSR count). The summed E-state index contributed by atoms with van der Waals surface area (Å²) >= 11 is 0. The molecule has 0 aromatic heterocycles. The van der Waals surface area contributed by atoms with Crippen molar-refractivity contribution in [2.45, 2.75) is 64.8 Å². The highest BCUT2D eigenvalue weighted by atomic mass is 14.8. The fraction of sp³-hybridized carbons (Fsp3) is 0.778. The third-order valence-electron chi connectivity index (χ3n) is 6.05. The van der Waals surface area contributed by atoms with Crippen LogP contribution in [0.5, 0.6) is 0 Å². The van der Waals surface area contributed by atoms with E-state index in [4.69, 9.17) is 5.73 Å². The molecule has 1 saturated carbocycles. The van der Waals surface area contributed by atoms with E-state index in [0.717, 1.165) is 18.8 Å². The minimum absolute atomic E-state index is 0.00560. The standard InChI is InChI=1S/C18H31N/c1-5-6-10-17-12-9-14(2)13-18(17,19)11-7-8-15(3)16(17)4/h5,9,12,14-16H,1,6-8,10-11,13,19H2,2-4H3/t14?,15?,16?,17-,18+/m1/s1. The Morgan fingerprint density at radius 3 is 2.79 bits per heavy atom. The topological polar surface area (TPSA) is 26.0 Å². The van der Waals surface area contributed by atoms with E-state index in [1.807, 2.05) is 0 Å². The summed E-state index contributed by atoms with van der Waals surface area (Å²) in [6, 6.07) is 0. The predicted molar refractivity (Wildman–Crippen MR) is 83.9 cm³/mol. The second kappa shape index (κ2) is 5.44. The SMILES string of the molecule is C=CCC[C@]12C=CC(C)C[C@@]1(N)CCCC(C)C2C. The molecule has 0 heterocycles. The van der Waals surface area contributed by atoms with E-state index in [1.165, 1.54) is 25.7 Å². The normalized spacial score (nSPS) is 46.4. The van der Waals surface area contributed by atoms with Crippen LogP contribution in [0.3, 0.4) is 0 Å². The molecule has 0 radical (unpaired) electrons. The highest BCUT2D eigenvalue weighted by molar-refractivity contribution is 5.21. The largest absolute Gasteiger partial charge is 0.324 e. The van der Waals surface area contributed by atoms with Crippen molar-refractivity contribution in [2.24, 2.45) is 28.9 Å². The molecule has 0 aliphatic heterocycles.